The molecule has 0 aromatic heterocycles. The number of rotatable bonds is 9. The smallest absolute Gasteiger partial charge is 0.215 e. The molecule has 0 heterocycles. The predicted molar refractivity (Wildman–Crippen MR) is 107 cm³/mol. The second-order valence-corrected chi connectivity index (χ2v) is 7.18. The summed E-state index contributed by atoms with van der Waals surface area (Å²) in [6, 6.07) is 9.85. The molecule has 0 aliphatic heterocycles. The highest BCUT2D eigenvalue weighted by Crippen LogP contribution is 2.26. The number of nitrogens with one attached hydrogen (secondary N) is 1. The van der Waals surface area contributed by atoms with Crippen molar-refractivity contribution in [1.82, 2.24) is 0 Å². The minimum atomic E-state index is -1.01. The first kappa shape index (κ1) is 20.4. The molecule has 1 aliphatic carbocycles. The van der Waals surface area contributed by atoms with E-state index in [1.54, 1.807) is 6.92 Å². The van der Waals surface area contributed by atoms with E-state index in [0.717, 1.165) is 37.7 Å². The van der Waals surface area contributed by atoms with E-state index in [1.165, 1.54) is 0 Å². The number of ketones is 2. The first-order valence-electron chi connectivity index (χ1n) is 9.40. The van der Waals surface area contributed by atoms with Gasteiger partial charge in [-0.15, -0.1) is 0 Å². The highest BCUT2D eigenvalue weighted by Gasteiger charge is 2.36. The largest absolute Gasteiger partial charge is 0.485 e. The molecule has 1 aromatic rings. The molecule has 1 aliphatic rings. The summed E-state index contributed by atoms with van der Waals surface area (Å²) in [5, 5.41) is 8.18. The number of thiocarbonyl (C=S) groups is 1. The molecule has 4 nitrogen and oxygen atoms in total. The number of hydrogen-bond donors (Lipinski definition) is 1. The first-order valence-corrected chi connectivity index (χ1v) is 9.81. The molecule has 1 saturated carbocycles. The Labute approximate surface area is 160 Å². The SMILES string of the molecule is CCC(=N)C(C(=O)C(=O)C1CCCCC1)C(=S)OCCc1ccccc1. The zero-order valence-electron chi connectivity index (χ0n) is 15.3. The number of hydrogen-bond acceptors (Lipinski definition) is 5. The van der Waals surface area contributed by atoms with Gasteiger partial charge in [0.1, 0.15) is 5.92 Å². The van der Waals surface area contributed by atoms with Crippen molar-refractivity contribution in [3.05, 3.63) is 35.9 Å². The van der Waals surface area contributed by atoms with Crippen molar-refractivity contribution in [3.8, 4) is 0 Å². The zero-order chi connectivity index (χ0) is 18.9. The van der Waals surface area contributed by atoms with Crippen molar-refractivity contribution >= 4 is 34.5 Å². The zero-order valence-corrected chi connectivity index (χ0v) is 16.1. The van der Waals surface area contributed by atoms with Crippen molar-refractivity contribution in [3.63, 3.8) is 0 Å². The van der Waals surface area contributed by atoms with Crippen LogP contribution < -0.4 is 0 Å². The molecule has 5 heteroatoms. The van der Waals surface area contributed by atoms with E-state index in [-0.39, 0.29) is 22.5 Å². The van der Waals surface area contributed by atoms with Crippen LogP contribution in [0.25, 0.3) is 0 Å². The monoisotopic (exact) mass is 373 g/mol. The molecule has 0 spiro atoms. The molecule has 2 rings (SSSR count). The van der Waals surface area contributed by atoms with Crippen LogP contribution in [0.3, 0.4) is 0 Å². The fourth-order valence-corrected chi connectivity index (χ4v) is 3.65. The van der Waals surface area contributed by atoms with Crippen LogP contribution in [0.2, 0.25) is 0 Å². The minimum Gasteiger partial charge on any atom is -0.485 e. The Morgan fingerprint density at radius 3 is 2.46 bits per heavy atom. The van der Waals surface area contributed by atoms with Crippen LogP contribution in [-0.4, -0.2) is 28.9 Å². The maximum absolute atomic E-state index is 12.8. The molecule has 0 amide bonds. The van der Waals surface area contributed by atoms with Crippen LogP contribution in [0.1, 0.15) is 51.0 Å². The molecule has 1 atom stereocenters. The Hall–Kier alpha value is -1.88. The normalized spacial score (nSPS) is 15.9. The van der Waals surface area contributed by atoms with Crippen LogP contribution in [0.5, 0.6) is 0 Å². The van der Waals surface area contributed by atoms with Crippen LogP contribution >= 0.6 is 12.2 Å². The van der Waals surface area contributed by atoms with Crippen LogP contribution in [0.4, 0.5) is 0 Å². The highest BCUT2D eigenvalue weighted by molar-refractivity contribution is 7.80. The third-order valence-electron chi connectivity index (χ3n) is 4.92. The maximum atomic E-state index is 12.8. The number of carbonyl (C=O) groups excluding carboxylic acids is 2. The fraction of sp³-hybridized carbons (Fsp3) is 0.524. The summed E-state index contributed by atoms with van der Waals surface area (Å²) in [6.45, 7) is 2.13. The summed E-state index contributed by atoms with van der Waals surface area (Å²) in [6.07, 6.45) is 5.65. The van der Waals surface area contributed by atoms with Crippen molar-refractivity contribution in [1.29, 1.82) is 5.41 Å². The van der Waals surface area contributed by atoms with Gasteiger partial charge in [0.05, 0.1) is 6.61 Å². The second-order valence-electron chi connectivity index (χ2n) is 6.78. The van der Waals surface area contributed by atoms with Gasteiger partial charge < -0.3 is 10.1 Å². The van der Waals surface area contributed by atoms with E-state index in [2.05, 4.69) is 0 Å². The average molecular weight is 374 g/mol. The molecule has 0 bridgehead atoms. The minimum absolute atomic E-state index is 0.0574. The van der Waals surface area contributed by atoms with E-state index < -0.39 is 11.7 Å². The summed E-state index contributed by atoms with van der Waals surface area (Å²) >= 11 is 5.29. The van der Waals surface area contributed by atoms with E-state index in [1.807, 2.05) is 30.3 Å². The number of carbonyl (C=O) groups is 2. The predicted octanol–water partition coefficient (Wildman–Crippen LogP) is 4.34. The molecule has 0 radical (unpaired) electrons. The van der Waals surface area contributed by atoms with Crippen molar-refractivity contribution < 1.29 is 14.3 Å². The number of Topliss-reactive ketones (excluding diaryl/α,β-unsaturated/α-hetero) is 2. The Balaban J connectivity index is 1.98. The number of ether oxygens (including phenoxy) is 1. The quantitative estimate of drug-likeness (QED) is 0.397. The third kappa shape index (κ3) is 5.56. The molecule has 0 saturated heterocycles. The molecule has 1 N–H and O–H groups in total. The van der Waals surface area contributed by atoms with Gasteiger partial charge in [-0.2, -0.15) is 0 Å². The van der Waals surface area contributed by atoms with Gasteiger partial charge in [-0.05, 0) is 37.0 Å². The number of benzene rings is 1. The van der Waals surface area contributed by atoms with Gasteiger partial charge in [0, 0.05) is 18.1 Å². The van der Waals surface area contributed by atoms with Crippen LogP contribution in [-0.2, 0) is 20.7 Å². The molecule has 140 valence electrons. The van der Waals surface area contributed by atoms with Gasteiger partial charge in [0.2, 0.25) is 11.6 Å². The molecule has 26 heavy (non-hydrogen) atoms. The summed E-state index contributed by atoms with van der Waals surface area (Å²) in [7, 11) is 0. The molecular weight excluding hydrogens is 346 g/mol. The van der Waals surface area contributed by atoms with Gasteiger partial charge in [-0.25, -0.2) is 0 Å². The lowest BCUT2D eigenvalue weighted by molar-refractivity contribution is -0.140. The van der Waals surface area contributed by atoms with Gasteiger partial charge in [0.15, 0.2) is 5.05 Å². The molecule has 1 unspecified atom stereocenters. The van der Waals surface area contributed by atoms with Gasteiger partial charge in [0.25, 0.3) is 0 Å². The van der Waals surface area contributed by atoms with E-state index in [0.29, 0.717) is 19.4 Å². The van der Waals surface area contributed by atoms with Crippen molar-refractivity contribution in [2.75, 3.05) is 6.61 Å². The van der Waals surface area contributed by atoms with Crippen molar-refractivity contribution in [2.45, 2.75) is 51.9 Å². The third-order valence-corrected chi connectivity index (χ3v) is 5.28. The van der Waals surface area contributed by atoms with E-state index >= 15 is 0 Å². The summed E-state index contributed by atoms with van der Waals surface area (Å²) in [5.41, 5.74) is 1.27. The Bertz CT molecular complexity index is 650. The molecule has 1 fully saturated rings. The lowest BCUT2D eigenvalue weighted by atomic mass is 9.81. The van der Waals surface area contributed by atoms with E-state index in [9.17, 15) is 9.59 Å². The lowest BCUT2D eigenvalue weighted by Gasteiger charge is -2.23. The van der Waals surface area contributed by atoms with Gasteiger partial charge in [-0.3, -0.25) is 9.59 Å². The Morgan fingerprint density at radius 1 is 1.19 bits per heavy atom. The van der Waals surface area contributed by atoms with Crippen LogP contribution in [0.15, 0.2) is 30.3 Å². The summed E-state index contributed by atoms with van der Waals surface area (Å²) < 4.78 is 5.61. The summed E-state index contributed by atoms with van der Waals surface area (Å²) in [4.78, 5) is 25.4. The Kier molecular flexibility index (Phi) is 8.10. The summed E-state index contributed by atoms with van der Waals surface area (Å²) in [5.74, 6) is -2.16. The standard InChI is InChI=1S/C21H27NO3S/c1-2-17(22)18(20(24)19(23)16-11-7-4-8-12-16)21(26)25-14-13-15-9-5-3-6-10-15/h3,5-6,9-10,16,18,22H,2,4,7-8,11-14H2,1H3. The topological polar surface area (TPSA) is 67.2 Å². The van der Waals surface area contributed by atoms with Crippen molar-refractivity contribution in [2.24, 2.45) is 11.8 Å². The highest BCUT2D eigenvalue weighted by atomic mass is 32.1. The van der Waals surface area contributed by atoms with Gasteiger partial charge >= 0.3 is 0 Å². The average Bonchev–Trinajstić information content (AvgIpc) is 2.68. The van der Waals surface area contributed by atoms with E-state index in [4.69, 9.17) is 22.4 Å². The molecular formula is C21H27NO3S. The van der Waals surface area contributed by atoms with Crippen LogP contribution in [0, 0.1) is 17.2 Å². The molecule has 1 aromatic carbocycles. The Morgan fingerprint density at radius 2 is 1.85 bits per heavy atom. The fourth-order valence-electron chi connectivity index (χ4n) is 3.32. The lowest BCUT2D eigenvalue weighted by Crippen LogP contribution is -2.39. The van der Waals surface area contributed by atoms with Gasteiger partial charge in [-0.1, -0.05) is 56.5 Å². The first-order chi connectivity index (χ1) is 12.5. The second kappa shape index (κ2) is 10.3. The maximum Gasteiger partial charge on any atom is 0.215 e.